The number of pyridine rings is 1. The second-order valence-corrected chi connectivity index (χ2v) is 7.82. The van der Waals surface area contributed by atoms with E-state index in [-0.39, 0.29) is 0 Å². The van der Waals surface area contributed by atoms with Crippen molar-refractivity contribution in [2.24, 2.45) is 0 Å². The molecular weight excluding hydrogens is 332 g/mol. The van der Waals surface area contributed by atoms with Crippen LogP contribution in [-0.4, -0.2) is 32.9 Å². The minimum absolute atomic E-state index is 0.505. The fraction of sp³-hybridized carbons (Fsp3) is 0.391. The molecule has 1 atom stereocenters. The minimum atomic E-state index is 0.505. The number of likely N-dealkylation sites (tertiary alicyclic amines) is 1. The Morgan fingerprint density at radius 3 is 2.89 bits per heavy atom. The Hall–Kier alpha value is -2.46. The molecule has 1 aliphatic rings. The predicted molar refractivity (Wildman–Crippen MR) is 109 cm³/mol. The second-order valence-electron chi connectivity index (χ2n) is 7.82. The largest absolute Gasteiger partial charge is 0.348 e. The monoisotopic (exact) mass is 360 g/mol. The third kappa shape index (κ3) is 4.64. The molecule has 1 fully saturated rings. The summed E-state index contributed by atoms with van der Waals surface area (Å²) in [5, 5.41) is 0. The molecule has 4 nitrogen and oxygen atoms in total. The van der Waals surface area contributed by atoms with Gasteiger partial charge in [0.25, 0.3) is 0 Å². The van der Waals surface area contributed by atoms with E-state index in [0.29, 0.717) is 5.92 Å². The average molecular weight is 361 g/mol. The first-order chi connectivity index (χ1) is 13.2. The van der Waals surface area contributed by atoms with Crippen molar-refractivity contribution in [2.75, 3.05) is 13.1 Å². The van der Waals surface area contributed by atoms with Crippen LogP contribution in [0.1, 0.15) is 52.7 Å². The molecular formula is C23H28N4. The van der Waals surface area contributed by atoms with Gasteiger partial charge >= 0.3 is 0 Å². The number of hydrogen-bond donors (Lipinski definition) is 1. The zero-order valence-corrected chi connectivity index (χ0v) is 16.3. The highest BCUT2D eigenvalue weighted by Gasteiger charge is 2.23. The molecule has 27 heavy (non-hydrogen) atoms. The SMILES string of the molecule is Cc1cccc(Cc2cc(C)nc([C@H]3CCCN(Cc4ncc[nH]4)C3)c2)c1. The third-order valence-corrected chi connectivity index (χ3v) is 5.38. The summed E-state index contributed by atoms with van der Waals surface area (Å²) >= 11 is 0. The average Bonchev–Trinajstić information content (AvgIpc) is 3.14. The molecule has 0 saturated carbocycles. The van der Waals surface area contributed by atoms with Gasteiger partial charge in [0.05, 0.1) is 6.54 Å². The van der Waals surface area contributed by atoms with Crippen molar-refractivity contribution in [3.8, 4) is 0 Å². The van der Waals surface area contributed by atoms with Crippen molar-refractivity contribution in [1.29, 1.82) is 0 Å². The van der Waals surface area contributed by atoms with Crippen molar-refractivity contribution in [1.82, 2.24) is 19.9 Å². The van der Waals surface area contributed by atoms with Crippen molar-refractivity contribution in [3.63, 3.8) is 0 Å². The third-order valence-electron chi connectivity index (χ3n) is 5.38. The van der Waals surface area contributed by atoms with E-state index in [1.54, 1.807) is 0 Å². The van der Waals surface area contributed by atoms with Crippen LogP contribution in [0.2, 0.25) is 0 Å². The highest BCUT2D eigenvalue weighted by atomic mass is 15.2. The number of piperidine rings is 1. The van der Waals surface area contributed by atoms with Gasteiger partial charge in [0.1, 0.15) is 5.82 Å². The van der Waals surface area contributed by atoms with Crippen LogP contribution in [0.25, 0.3) is 0 Å². The van der Waals surface area contributed by atoms with Gasteiger partial charge in [-0.1, -0.05) is 29.8 Å². The first kappa shape index (κ1) is 17.9. The second kappa shape index (κ2) is 8.05. The van der Waals surface area contributed by atoms with Crippen LogP contribution in [0.4, 0.5) is 0 Å². The highest BCUT2D eigenvalue weighted by Crippen LogP contribution is 2.28. The van der Waals surface area contributed by atoms with E-state index < -0.39 is 0 Å². The van der Waals surface area contributed by atoms with E-state index in [0.717, 1.165) is 37.6 Å². The van der Waals surface area contributed by atoms with E-state index in [1.807, 2.05) is 12.4 Å². The van der Waals surface area contributed by atoms with Gasteiger partial charge in [-0.25, -0.2) is 4.98 Å². The normalized spacial score (nSPS) is 17.9. The van der Waals surface area contributed by atoms with Gasteiger partial charge in [0.2, 0.25) is 0 Å². The number of nitrogens with one attached hydrogen (secondary N) is 1. The topological polar surface area (TPSA) is 44.8 Å². The maximum absolute atomic E-state index is 4.90. The standard InChI is InChI=1S/C23H28N4/c1-17-5-3-6-19(11-17)13-20-12-18(2)26-22(14-20)21-7-4-10-27(15-21)16-23-24-8-9-25-23/h3,5-6,8-9,11-12,14,21H,4,7,10,13,15-16H2,1-2H3,(H,24,25)/t21-/m0/s1. The highest BCUT2D eigenvalue weighted by molar-refractivity contribution is 5.31. The fourth-order valence-corrected chi connectivity index (χ4v) is 4.17. The summed E-state index contributed by atoms with van der Waals surface area (Å²) in [5.74, 6) is 1.55. The number of rotatable bonds is 5. The lowest BCUT2D eigenvalue weighted by Gasteiger charge is -2.32. The van der Waals surface area contributed by atoms with Crippen molar-refractivity contribution in [2.45, 2.75) is 45.6 Å². The van der Waals surface area contributed by atoms with Crippen LogP contribution in [-0.2, 0) is 13.0 Å². The number of aryl methyl sites for hydroxylation is 2. The number of aromatic nitrogens is 3. The van der Waals surface area contributed by atoms with E-state index >= 15 is 0 Å². The van der Waals surface area contributed by atoms with E-state index in [4.69, 9.17) is 4.98 Å². The summed E-state index contributed by atoms with van der Waals surface area (Å²) in [6, 6.07) is 13.4. The molecule has 3 heterocycles. The van der Waals surface area contributed by atoms with Crippen LogP contribution < -0.4 is 0 Å². The minimum Gasteiger partial charge on any atom is -0.348 e. The molecule has 1 aromatic carbocycles. The van der Waals surface area contributed by atoms with Crippen molar-refractivity contribution in [3.05, 3.63) is 82.7 Å². The van der Waals surface area contributed by atoms with Crippen molar-refractivity contribution < 1.29 is 0 Å². The summed E-state index contributed by atoms with van der Waals surface area (Å²) in [7, 11) is 0. The number of nitrogens with zero attached hydrogens (tertiary/aromatic N) is 3. The number of benzene rings is 1. The smallest absolute Gasteiger partial charge is 0.120 e. The first-order valence-corrected chi connectivity index (χ1v) is 9.89. The van der Waals surface area contributed by atoms with Gasteiger partial charge in [-0.2, -0.15) is 0 Å². The molecule has 0 unspecified atom stereocenters. The van der Waals surface area contributed by atoms with Crippen LogP contribution in [0.5, 0.6) is 0 Å². The molecule has 1 saturated heterocycles. The van der Waals surface area contributed by atoms with Crippen LogP contribution >= 0.6 is 0 Å². The lowest BCUT2D eigenvalue weighted by atomic mass is 9.92. The number of H-pyrrole nitrogens is 1. The molecule has 0 aliphatic carbocycles. The molecule has 0 radical (unpaired) electrons. The van der Waals surface area contributed by atoms with Crippen LogP contribution in [0.15, 0.2) is 48.8 Å². The van der Waals surface area contributed by atoms with Crippen molar-refractivity contribution >= 4 is 0 Å². The van der Waals surface area contributed by atoms with Crippen LogP contribution in [0, 0.1) is 13.8 Å². The Morgan fingerprint density at radius 1 is 1.15 bits per heavy atom. The lowest BCUT2D eigenvalue weighted by molar-refractivity contribution is 0.194. The summed E-state index contributed by atoms with van der Waals surface area (Å²) in [4.78, 5) is 15.0. The molecule has 0 amide bonds. The summed E-state index contributed by atoms with van der Waals surface area (Å²) in [6.45, 7) is 7.36. The van der Waals surface area contributed by atoms with Gasteiger partial charge in [-0.05, 0) is 62.9 Å². The van der Waals surface area contributed by atoms with Gasteiger partial charge < -0.3 is 4.98 Å². The van der Waals surface area contributed by atoms with Gasteiger partial charge in [0.15, 0.2) is 0 Å². The molecule has 3 aromatic rings. The van der Waals surface area contributed by atoms with E-state index in [2.05, 4.69) is 65.1 Å². The lowest BCUT2D eigenvalue weighted by Crippen LogP contribution is -2.34. The molecule has 1 N–H and O–H groups in total. The molecule has 4 rings (SSSR count). The Kier molecular flexibility index (Phi) is 5.35. The maximum Gasteiger partial charge on any atom is 0.120 e. The van der Waals surface area contributed by atoms with E-state index in [1.165, 1.54) is 35.2 Å². The quantitative estimate of drug-likeness (QED) is 0.734. The molecule has 1 aliphatic heterocycles. The Morgan fingerprint density at radius 2 is 2.07 bits per heavy atom. The zero-order chi connectivity index (χ0) is 18.6. The Labute approximate surface area is 161 Å². The molecule has 2 aromatic heterocycles. The molecule has 140 valence electrons. The first-order valence-electron chi connectivity index (χ1n) is 9.89. The summed E-state index contributed by atoms with van der Waals surface area (Å²) in [6.07, 6.45) is 7.14. The Balaban J connectivity index is 1.50. The summed E-state index contributed by atoms with van der Waals surface area (Å²) in [5.41, 5.74) is 6.43. The molecule has 0 spiro atoms. The zero-order valence-electron chi connectivity index (χ0n) is 16.3. The fourth-order valence-electron chi connectivity index (χ4n) is 4.17. The Bertz CT molecular complexity index is 885. The number of hydrogen-bond acceptors (Lipinski definition) is 3. The van der Waals surface area contributed by atoms with Gasteiger partial charge in [0, 0.05) is 36.2 Å². The van der Waals surface area contributed by atoms with Crippen LogP contribution in [0.3, 0.4) is 0 Å². The predicted octanol–water partition coefficient (Wildman–Crippen LogP) is 4.39. The summed E-state index contributed by atoms with van der Waals surface area (Å²) < 4.78 is 0. The van der Waals surface area contributed by atoms with Gasteiger partial charge in [-0.15, -0.1) is 0 Å². The number of aromatic amines is 1. The molecule has 0 bridgehead atoms. The molecule has 4 heteroatoms. The van der Waals surface area contributed by atoms with E-state index in [9.17, 15) is 0 Å². The maximum atomic E-state index is 4.90. The number of imidazole rings is 1. The van der Waals surface area contributed by atoms with Gasteiger partial charge in [-0.3, -0.25) is 9.88 Å².